The van der Waals surface area contributed by atoms with Crippen molar-refractivity contribution in [1.29, 1.82) is 0 Å². The monoisotopic (exact) mass is 319 g/mol. The molecule has 23 heavy (non-hydrogen) atoms. The highest BCUT2D eigenvalue weighted by Gasteiger charge is 2.25. The van der Waals surface area contributed by atoms with Crippen molar-refractivity contribution in [3.05, 3.63) is 36.2 Å². The minimum absolute atomic E-state index is 0.0255. The fourth-order valence-corrected chi connectivity index (χ4v) is 2.15. The van der Waals surface area contributed by atoms with Gasteiger partial charge in [0.1, 0.15) is 17.5 Å². The number of hydrogen-bond donors (Lipinski definition) is 1. The van der Waals surface area contributed by atoms with Crippen LogP contribution >= 0.6 is 0 Å². The van der Waals surface area contributed by atoms with E-state index < -0.39 is 17.2 Å². The summed E-state index contributed by atoms with van der Waals surface area (Å²) in [5.74, 6) is -2.21. The third-order valence-electron chi connectivity index (χ3n) is 3.22. The van der Waals surface area contributed by atoms with Crippen LogP contribution in [0.15, 0.2) is 24.5 Å². The van der Waals surface area contributed by atoms with E-state index in [0.29, 0.717) is 11.0 Å². The molecule has 8 heteroatoms. The first kappa shape index (κ1) is 15.1. The summed E-state index contributed by atoms with van der Waals surface area (Å²) in [5.41, 5.74) is 5.92. The average molecular weight is 319 g/mol. The molecule has 120 valence electrons. The van der Waals surface area contributed by atoms with Crippen molar-refractivity contribution >= 4 is 16.9 Å². The number of benzene rings is 1. The third-order valence-corrected chi connectivity index (χ3v) is 3.22. The second-order valence-electron chi connectivity index (χ2n) is 6.00. The summed E-state index contributed by atoms with van der Waals surface area (Å²) in [4.78, 5) is 8.08. The van der Waals surface area contributed by atoms with Crippen LogP contribution in [0.4, 0.5) is 14.6 Å². The third kappa shape index (κ3) is 2.56. The molecule has 3 aromatic rings. The van der Waals surface area contributed by atoms with Gasteiger partial charge in [0.2, 0.25) is 5.82 Å². The first-order chi connectivity index (χ1) is 10.8. The average Bonchev–Trinajstić information content (AvgIpc) is 2.84. The number of nitrogen functional groups attached to an aromatic ring is 1. The highest BCUT2D eigenvalue weighted by atomic mass is 19.2. The molecule has 0 spiro atoms. The standard InChI is InChI=1S/C15H15F2N5O/c1-15(2,3)22-13-10(12(18)19-7-20-13)14(21-22)23-9-6-4-5-8(16)11(9)17/h4-7H,1-3H3,(H2,18,19,20). The maximum Gasteiger partial charge on any atom is 0.251 e. The zero-order valence-electron chi connectivity index (χ0n) is 12.8. The van der Waals surface area contributed by atoms with Crippen LogP contribution in [0.25, 0.3) is 11.0 Å². The number of halogens is 2. The van der Waals surface area contributed by atoms with E-state index in [-0.39, 0.29) is 17.4 Å². The van der Waals surface area contributed by atoms with E-state index in [0.717, 1.165) is 6.07 Å². The lowest BCUT2D eigenvalue weighted by molar-refractivity contribution is 0.343. The summed E-state index contributed by atoms with van der Waals surface area (Å²) in [6, 6.07) is 3.66. The summed E-state index contributed by atoms with van der Waals surface area (Å²) < 4.78 is 34.2. The molecule has 0 saturated heterocycles. The van der Waals surface area contributed by atoms with Gasteiger partial charge in [-0.05, 0) is 32.9 Å². The number of fused-ring (bicyclic) bond motifs is 1. The van der Waals surface area contributed by atoms with E-state index in [1.807, 2.05) is 20.8 Å². The Morgan fingerprint density at radius 1 is 1.17 bits per heavy atom. The van der Waals surface area contributed by atoms with Gasteiger partial charge in [0.15, 0.2) is 17.2 Å². The lowest BCUT2D eigenvalue weighted by Gasteiger charge is -2.19. The number of aromatic nitrogens is 4. The van der Waals surface area contributed by atoms with Gasteiger partial charge >= 0.3 is 0 Å². The fraction of sp³-hybridized carbons (Fsp3) is 0.267. The lowest BCUT2D eigenvalue weighted by atomic mass is 10.1. The van der Waals surface area contributed by atoms with E-state index in [2.05, 4.69) is 15.1 Å². The van der Waals surface area contributed by atoms with Gasteiger partial charge in [-0.3, -0.25) is 0 Å². The lowest BCUT2D eigenvalue weighted by Crippen LogP contribution is -2.23. The second-order valence-corrected chi connectivity index (χ2v) is 6.00. The molecule has 0 radical (unpaired) electrons. The van der Waals surface area contributed by atoms with E-state index in [4.69, 9.17) is 10.5 Å². The van der Waals surface area contributed by atoms with E-state index >= 15 is 0 Å². The topological polar surface area (TPSA) is 78.9 Å². The van der Waals surface area contributed by atoms with Crippen LogP contribution in [0.5, 0.6) is 11.6 Å². The maximum atomic E-state index is 13.8. The molecular formula is C15H15F2N5O. The molecule has 0 aliphatic rings. The number of hydrogen-bond acceptors (Lipinski definition) is 5. The minimum atomic E-state index is -1.10. The van der Waals surface area contributed by atoms with Crippen molar-refractivity contribution in [3.8, 4) is 11.6 Å². The molecule has 0 bridgehead atoms. The van der Waals surface area contributed by atoms with Crippen molar-refractivity contribution in [2.75, 3.05) is 5.73 Å². The van der Waals surface area contributed by atoms with E-state index in [1.165, 1.54) is 18.5 Å². The SMILES string of the molecule is CC(C)(C)n1nc(Oc2cccc(F)c2F)c2c(N)ncnc21. The Hall–Kier alpha value is -2.77. The predicted octanol–water partition coefficient (Wildman–Crippen LogP) is 3.23. The molecule has 0 amide bonds. The molecule has 3 rings (SSSR count). The van der Waals surface area contributed by atoms with Crippen LogP contribution in [0.1, 0.15) is 20.8 Å². The largest absolute Gasteiger partial charge is 0.434 e. The summed E-state index contributed by atoms with van der Waals surface area (Å²) in [6.07, 6.45) is 1.31. The Kier molecular flexibility index (Phi) is 3.39. The molecule has 1 aromatic carbocycles. The van der Waals surface area contributed by atoms with Gasteiger partial charge in [-0.1, -0.05) is 6.07 Å². The Balaban J connectivity index is 2.20. The molecule has 0 aliphatic carbocycles. The molecular weight excluding hydrogens is 304 g/mol. The minimum Gasteiger partial charge on any atom is -0.434 e. The zero-order valence-corrected chi connectivity index (χ0v) is 12.8. The Morgan fingerprint density at radius 3 is 2.61 bits per heavy atom. The summed E-state index contributed by atoms with van der Waals surface area (Å²) in [6.45, 7) is 5.76. The van der Waals surface area contributed by atoms with Gasteiger partial charge in [0.25, 0.3) is 5.88 Å². The zero-order chi connectivity index (χ0) is 16.8. The van der Waals surface area contributed by atoms with Crippen LogP contribution in [0.2, 0.25) is 0 Å². The molecule has 0 aliphatic heterocycles. The molecule has 0 unspecified atom stereocenters. The highest BCUT2D eigenvalue weighted by molar-refractivity contribution is 5.91. The Bertz CT molecular complexity index is 885. The van der Waals surface area contributed by atoms with Gasteiger partial charge in [0.05, 0.1) is 5.54 Å². The van der Waals surface area contributed by atoms with Crippen molar-refractivity contribution < 1.29 is 13.5 Å². The predicted molar refractivity (Wildman–Crippen MR) is 81.2 cm³/mol. The van der Waals surface area contributed by atoms with E-state index in [9.17, 15) is 8.78 Å². The first-order valence-electron chi connectivity index (χ1n) is 6.90. The van der Waals surface area contributed by atoms with Crippen molar-refractivity contribution in [1.82, 2.24) is 19.7 Å². The van der Waals surface area contributed by atoms with Crippen LogP contribution in [-0.4, -0.2) is 19.7 Å². The second kappa shape index (κ2) is 5.15. The quantitative estimate of drug-likeness (QED) is 0.784. The Labute approximate surface area is 130 Å². The maximum absolute atomic E-state index is 13.8. The number of nitrogens with zero attached hydrogens (tertiary/aromatic N) is 4. The molecule has 2 aromatic heterocycles. The number of ether oxygens (including phenoxy) is 1. The smallest absolute Gasteiger partial charge is 0.251 e. The molecule has 0 fully saturated rings. The Morgan fingerprint density at radius 2 is 1.91 bits per heavy atom. The number of anilines is 1. The van der Waals surface area contributed by atoms with Crippen molar-refractivity contribution in [2.24, 2.45) is 0 Å². The molecule has 0 saturated carbocycles. The van der Waals surface area contributed by atoms with Crippen molar-refractivity contribution in [3.63, 3.8) is 0 Å². The summed E-state index contributed by atoms with van der Waals surface area (Å²) in [7, 11) is 0. The van der Waals surface area contributed by atoms with Gasteiger partial charge in [-0.15, -0.1) is 5.10 Å². The van der Waals surface area contributed by atoms with Crippen LogP contribution in [-0.2, 0) is 5.54 Å². The highest BCUT2D eigenvalue weighted by Crippen LogP contribution is 2.34. The molecule has 6 nitrogen and oxygen atoms in total. The first-order valence-corrected chi connectivity index (χ1v) is 6.90. The molecule has 2 N–H and O–H groups in total. The van der Waals surface area contributed by atoms with Gasteiger partial charge < -0.3 is 10.5 Å². The van der Waals surface area contributed by atoms with Gasteiger partial charge in [-0.25, -0.2) is 19.0 Å². The van der Waals surface area contributed by atoms with Crippen LogP contribution in [0.3, 0.4) is 0 Å². The fourth-order valence-electron chi connectivity index (χ4n) is 2.15. The molecule has 0 atom stereocenters. The summed E-state index contributed by atoms with van der Waals surface area (Å²) in [5, 5.41) is 4.66. The number of rotatable bonds is 2. The van der Waals surface area contributed by atoms with Crippen LogP contribution < -0.4 is 10.5 Å². The van der Waals surface area contributed by atoms with Crippen molar-refractivity contribution in [2.45, 2.75) is 26.3 Å². The number of nitrogens with two attached hydrogens (primary N) is 1. The summed E-state index contributed by atoms with van der Waals surface area (Å²) >= 11 is 0. The molecule has 2 heterocycles. The van der Waals surface area contributed by atoms with Crippen LogP contribution in [0, 0.1) is 11.6 Å². The normalized spacial score (nSPS) is 11.9. The van der Waals surface area contributed by atoms with Gasteiger partial charge in [0, 0.05) is 0 Å². The van der Waals surface area contributed by atoms with Gasteiger partial charge in [-0.2, -0.15) is 4.39 Å². The van der Waals surface area contributed by atoms with E-state index in [1.54, 1.807) is 4.68 Å².